The zero-order chi connectivity index (χ0) is 22.4. The Bertz CT molecular complexity index is 883. The van der Waals surface area contributed by atoms with Crippen molar-refractivity contribution >= 4 is 11.9 Å². The van der Waals surface area contributed by atoms with Crippen molar-refractivity contribution in [2.45, 2.75) is 37.3 Å². The second kappa shape index (κ2) is 9.73. The number of rotatable bonds is 3. The van der Waals surface area contributed by atoms with Crippen LogP contribution < -0.4 is 4.74 Å². The fraction of sp³-hybridized carbons (Fsp3) is 0.400. The summed E-state index contributed by atoms with van der Waals surface area (Å²) in [6.45, 7) is 1.22. The first-order valence-corrected chi connectivity index (χ1v) is 9.48. The third-order valence-electron chi connectivity index (χ3n) is 4.82. The number of carboxylic acids is 1. The van der Waals surface area contributed by atoms with Gasteiger partial charge in [0.1, 0.15) is 12.2 Å². The normalized spacial score (nSPS) is 22.7. The summed E-state index contributed by atoms with van der Waals surface area (Å²) in [6, 6.07) is 9.09. The number of likely N-dealkylation sites (tertiary alicyclic amines) is 1. The Morgan fingerprint density at radius 1 is 1.16 bits per heavy atom. The van der Waals surface area contributed by atoms with Crippen molar-refractivity contribution in [1.29, 1.82) is 0 Å². The van der Waals surface area contributed by atoms with Gasteiger partial charge in [0.25, 0.3) is 5.91 Å². The van der Waals surface area contributed by atoms with Crippen LogP contribution in [0.5, 0.6) is 5.88 Å². The summed E-state index contributed by atoms with van der Waals surface area (Å²) in [6.07, 6.45) is 1.48. The quantitative estimate of drug-likeness (QED) is 0.784. The van der Waals surface area contributed by atoms with E-state index in [2.05, 4.69) is 9.97 Å². The van der Waals surface area contributed by atoms with Gasteiger partial charge in [0.2, 0.25) is 5.88 Å². The molecule has 0 spiro atoms. The summed E-state index contributed by atoms with van der Waals surface area (Å²) in [5, 5.41) is 7.12. The van der Waals surface area contributed by atoms with Gasteiger partial charge in [0.05, 0.1) is 12.6 Å². The molecule has 0 aliphatic carbocycles. The molecule has 2 aliphatic rings. The van der Waals surface area contributed by atoms with E-state index in [9.17, 15) is 18.0 Å². The van der Waals surface area contributed by atoms with Crippen LogP contribution in [-0.2, 0) is 9.53 Å². The van der Waals surface area contributed by atoms with Crippen LogP contribution in [0.4, 0.5) is 13.2 Å². The number of nitrogens with zero attached hydrogens (tertiary/aromatic N) is 3. The molecular formula is C20H20F3N3O5. The number of pyridine rings is 2. The summed E-state index contributed by atoms with van der Waals surface area (Å²) in [5.74, 6) is -2.19. The number of ether oxygens (including phenoxy) is 2. The number of fused-ring (bicyclic) bond motifs is 1. The second-order valence-electron chi connectivity index (χ2n) is 6.87. The first-order valence-electron chi connectivity index (χ1n) is 9.48. The highest BCUT2D eigenvalue weighted by molar-refractivity contribution is 5.94. The first kappa shape index (κ1) is 22.5. The summed E-state index contributed by atoms with van der Waals surface area (Å²) in [7, 11) is 0. The minimum Gasteiger partial charge on any atom is -0.475 e. The predicted octanol–water partition coefficient (Wildman–Crippen LogP) is 2.56. The topological polar surface area (TPSA) is 102 Å². The van der Waals surface area contributed by atoms with Gasteiger partial charge in [0.15, 0.2) is 0 Å². The van der Waals surface area contributed by atoms with Crippen LogP contribution >= 0.6 is 0 Å². The smallest absolute Gasteiger partial charge is 0.475 e. The van der Waals surface area contributed by atoms with Gasteiger partial charge in [-0.2, -0.15) is 13.2 Å². The average molecular weight is 439 g/mol. The lowest BCUT2D eigenvalue weighted by atomic mass is 10.0. The van der Waals surface area contributed by atoms with E-state index in [1.54, 1.807) is 30.7 Å². The minimum absolute atomic E-state index is 0.00465. The molecular weight excluding hydrogens is 419 g/mol. The third-order valence-corrected chi connectivity index (χ3v) is 4.82. The SMILES string of the molecule is O=C(O)C(F)(F)F.O=C(c1ccncc1)N1C[C@H](Oc2ccccn2)[C@H]2OCCC[C@H]21. The lowest BCUT2D eigenvalue weighted by molar-refractivity contribution is -0.192. The lowest BCUT2D eigenvalue weighted by Crippen LogP contribution is -2.44. The molecule has 11 heteroatoms. The maximum Gasteiger partial charge on any atom is 0.490 e. The van der Waals surface area contributed by atoms with Crippen molar-refractivity contribution in [3.8, 4) is 5.88 Å². The van der Waals surface area contributed by atoms with E-state index in [1.807, 2.05) is 23.1 Å². The molecule has 3 atom stereocenters. The van der Waals surface area contributed by atoms with E-state index in [0.29, 0.717) is 24.6 Å². The highest BCUT2D eigenvalue weighted by Gasteiger charge is 2.47. The Balaban J connectivity index is 0.000000339. The van der Waals surface area contributed by atoms with Crippen molar-refractivity contribution in [3.63, 3.8) is 0 Å². The number of hydrogen-bond donors (Lipinski definition) is 1. The molecule has 2 aliphatic heterocycles. The Morgan fingerprint density at radius 2 is 1.87 bits per heavy atom. The van der Waals surface area contributed by atoms with Gasteiger partial charge in [-0.15, -0.1) is 0 Å². The molecule has 166 valence electrons. The van der Waals surface area contributed by atoms with Gasteiger partial charge in [0, 0.05) is 36.8 Å². The highest BCUT2D eigenvalue weighted by Crippen LogP contribution is 2.32. The fourth-order valence-corrected chi connectivity index (χ4v) is 3.48. The molecule has 0 bridgehead atoms. The number of alkyl halides is 3. The zero-order valence-electron chi connectivity index (χ0n) is 16.2. The largest absolute Gasteiger partial charge is 0.490 e. The van der Waals surface area contributed by atoms with Crippen molar-refractivity contribution in [3.05, 3.63) is 54.5 Å². The van der Waals surface area contributed by atoms with Gasteiger partial charge < -0.3 is 19.5 Å². The third kappa shape index (κ3) is 5.69. The molecule has 2 aromatic rings. The van der Waals surface area contributed by atoms with E-state index >= 15 is 0 Å². The number of amides is 1. The van der Waals surface area contributed by atoms with Gasteiger partial charge in [-0.25, -0.2) is 9.78 Å². The summed E-state index contributed by atoms with van der Waals surface area (Å²) < 4.78 is 43.7. The standard InChI is InChI=1S/C18H19N3O3.C2HF3O2/c22-18(13-6-9-19-10-7-13)21-12-15(17-14(21)4-3-11-23-17)24-16-5-1-2-8-20-16;3-2(4,5)1(6)7/h1-2,5-10,14-15,17H,3-4,11-12H2;(H,6,7)/t14-,15+,17+;/m1./s1. The maximum atomic E-state index is 12.9. The number of carboxylic acid groups (broad SMARTS) is 1. The van der Waals surface area contributed by atoms with E-state index in [0.717, 1.165) is 12.8 Å². The molecule has 31 heavy (non-hydrogen) atoms. The molecule has 4 rings (SSSR count). The maximum absolute atomic E-state index is 12.9. The Hall–Kier alpha value is -3.21. The van der Waals surface area contributed by atoms with Crippen molar-refractivity contribution < 1.29 is 37.3 Å². The molecule has 0 aromatic carbocycles. The zero-order valence-corrected chi connectivity index (χ0v) is 16.2. The lowest BCUT2D eigenvalue weighted by Gasteiger charge is -2.32. The van der Waals surface area contributed by atoms with Gasteiger partial charge in [-0.05, 0) is 31.0 Å². The number of halogens is 3. The van der Waals surface area contributed by atoms with Gasteiger partial charge in [-0.1, -0.05) is 6.07 Å². The minimum atomic E-state index is -5.08. The van der Waals surface area contributed by atoms with Crippen LogP contribution in [0.3, 0.4) is 0 Å². The highest BCUT2D eigenvalue weighted by atomic mass is 19.4. The molecule has 2 fully saturated rings. The number of aromatic nitrogens is 2. The molecule has 2 aromatic heterocycles. The molecule has 2 saturated heterocycles. The molecule has 0 saturated carbocycles. The van der Waals surface area contributed by atoms with Crippen LogP contribution in [-0.4, -0.2) is 69.4 Å². The van der Waals surface area contributed by atoms with Crippen molar-refractivity contribution in [2.75, 3.05) is 13.2 Å². The Kier molecular flexibility index (Phi) is 7.06. The first-order chi connectivity index (χ1) is 14.8. The van der Waals surface area contributed by atoms with Crippen molar-refractivity contribution in [1.82, 2.24) is 14.9 Å². The van der Waals surface area contributed by atoms with Crippen LogP contribution in [0.2, 0.25) is 0 Å². The summed E-state index contributed by atoms with van der Waals surface area (Å²) >= 11 is 0. The molecule has 1 N–H and O–H groups in total. The Morgan fingerprint density at radius 3 is 2.48 bits per heavy atom. The average Bonchev–Trinajstić information content (AvgIpc) is 3.13. The molecule has 1 amide bonds. The monoisotopic (exact) mass is 439 g/mol. The van der Waals surface area contributed by atoms with Crippen LogP contribution in [0.1, 0.15) is 23.2 Å². The summed E-state index contributed by atoms with van der Waals surface area (Å²) in [5.41, 5.74) is 0.646. The second-order valence-corrected chi connectivity index (χ2v) is 6.87. The van der Waals surface area contributed by atoms with E-state index in [1.165, 1.54) is 0 Å². The Labute approximate surface area is 175 Å². The number of carbonyl (C=O) groups is 2. The molecule has 4 heterocycles. The molecule has 0 unspecified atom stereocenters. The van der Waals surface area contributed by atoms with Crippen LogP contribution in [0.25, 0.3) is 0 Å². The summed E-state index contributed by atoms with van der Waals surface area (Å²) in [4.78, 5) is 31.8. The number of aliphatic carboxylic acids is 1. The van der Waals surface area contributed by atoms with Crippen LogP contribution in [0, 0.1) is 0 Å². The molecule has 0 radical (unpaired) electrons. The van der Waals surface area contributed by atoms with Crippen molar-refractivity contribution in [2.24, 2.45) is 0 Å². The fourth-order valence-electron chi connectivity index (χ4n) is 3.48. The number of hydrogen-bond acceptors (Lipinski definition) is 6. The van der Waals surface area contributed by atoms with E-state index < -0.39 is 12.1 Å². The van der Waals surface area contributed by atoms with E-state index in [4.69, 9.17) is 19.4 Å². The van der Waals surface area contributed by atoms with Gasteiger partial charge >= 0.3 is 12.1 Å². The predicted molar refractivity (Wildman–Crippen MR) is 100 cm³/mol. The van der Waals surface area contributed by atoms with Crippen LogP contribution in [0.15, 0.2) is 48.9 Å². The molecule has 8 nitrogen and oxygen atoms in total. The van der Waals surface area contributed by atoms with E-state index in [-0.39, 0.29) is 24.2 Å². The number of carbonyl (C=O) groups excluding carboxylic acids is 1. The van der Waals surface area contributed by atoms with Gasteiger partial charge in [-0.3, -0.25) is 9.78 Å².